The molecule has 1 saturated heterocycles. The van der Waals surface area contributed by atoms with Crippen LogP contribution in [0.2, 0.25) is 0 Å². The SMILES string of the molecule is O=C1CCC(N2Cc3cc(C(=O)NC4CC5(C4)CC(c4ccc(C(F)(F)F)cc4)C5)ccc3C2=O)C(=O)N1. The molecule has 198 valence electrons. The fourth-order valence-corrected chi connectivity index (χ4v) is 6.57. The molecule has 1 unspecified atom stereocenters. The molecule has 1 atom stereocenters. The fraction of sp³-hybridized carbons (Fsp3) is 0.429. The van der Waals surface area contributed by atoms with Crippen molar-refractivity contribution < 1.29 is 32.3 Å². The summed E-state index contributed by atoms with van der Waals surface area (Å²) in [5.74, 6) is -1.08. The maximum Gasteiger partial charge on any atom is 0.416 e. The first-order chi connectivity index (χ1) is 18.0. The third kappa shape index (κ3) is 4.25. The van der Waals surface area contributed by atoms with Crippen molar-refractivity contribution in [3.8, 4) is 0 Å². The fourth-order valence-electron chi connectivity index (χ4n) is 6.57. The summed E-state index contributed by atoms with van der Waals surface area (Å²) in [6.07, 6.45) is -0.395. The minimum Gasteiger partial charge on any atom is -0.349 e. The summed E-state index contributed by atoms with van der Waals surface area (Å²) >= 11 is 0. The zero-order chi connectivity index (χ0) is 26.8. The number of alkyl halides is 3. The van der Waals surface area contributed by atoms with Gasteiger partial charge in [0.25, 0.3) is 11.8 Å². The molecule has 2 aromatic rings. The van der Waals surface area contributed by atoms with Crippen molar-refractivity contribution in [3.63, 3.8) is 0 Å². The Morgan fingerprint density at radius 2 is 1.71 bits per heavy atom. The molecule has 2 aliphatic carbocycles. The van der Waals surface area contributed by atoms with Crippen LogP contribution >= 0.6 is 0 Å². The van der Waals surface area contributed by atoms with Gasteiger partial charge in [0.15, 0.2) is 0 Å². The van der Waals surface area contributed by atoms with Crippen LogP contribution in [0.1, 0.15) is 81.8 Å². The first-order valence-corrected chi connectivity index (χ1v) is 12.8. The lowest BCUT2D eigenvalue weighted by Gasteiger charge is -2.58. The second kappa shape index (κ2) is 8.68. The van der Waals surface area contributed by atoms with Gasteiger partial charge in [-0.1, -0.05) is 12.1 Å². The average Bonchev–Trinajstić information content (AvgIpc) is 3.14. The molecule has 0 radical (unpaired) electrons. The molecule has 1 spiro atoms. The van der Waals surface area contributed by atoms with Crippen molar-refractivity contribution in [3.05, 3.63) is 70.3 Å². The van der Waals surface area contributed by atoms with E-state index < -0.39 is 23.7 Å². The van der Waals surface area contributed by atoms with Gasteiger partial charge in [-0.25, -0.2) is 0 Å². The molecular formula is C28H26F3N3O4. The van der Waals surface area contributed by atoms with Gasteiger partial charge in [0.1, 0.15) is 6.04 Å². The van der Waals surface area contributed by atoms with E-state index in [0.29, 0.717) is 16.7 Å². The van der Waals surface area contributed by atoms with Gasteiger partial charge in [0.05, 0.1) is 5.56 Å². The monoisotopic (exact) mass is 525 g/mol. The van der Waals surface area contributed by atoms with E-state index in [9.17, 15) is 32.3 Å². The Morgan fingerprint density at radius 3 is 2.37 bits per heavy atom. The van der Waals surface area contributed by atoms with Crippen molar-refractivity contribution in [2.75, 3.05) is 0 Å². The highest BCUT2D eigenvalue weighted by atomic mass is 19.4. The topological polar surface area (TPSA) is 95.6 Å². The molecular weight excluding hydrogens is 499 g/mol. The van der Waals surface area contributed by atoms with E-state index in [2.05, 4.69) is 10.6 Å². The van der Waals surface area contributed by atoms with E-state index in [1.165, 1.54) is 4.90 Å². The molecule has 10 heteroatoms. The number of fused-ring (bicyclic) bond motifs is 1. The van der Waals surface area contributed by atoms with Crippen molar-refractivity contribution in [2.45, 2.75) is 69.2 Å². The second-order valence-corrected chi connectivity index (χ2v) is 11.1. The number of hydrogen-bond acceptors (Lipinski definition) is 4. The van der Waals surface area contributed by atoms with Crippen LogP contribution in [0.3, 0.4) is 0 Å². The number of rotatable bonds is 4. The number of benzene rings is 2. The maximum absolute atomic E-state index is 12.9. The molecule has 38 heavy (non-hydrogen) atoms. The Kier molecular flexibility index (Phi) is 5.62. The molecule has 3 fully saturated rings. The summed E-state index contributed by atoms with van der Waals surface area (Å²) in [5, 5.41) is 5.34. The van der Waals surface area contributed by atoms with Gasteiger partial charge in [0, 0.05) is 30.1 Å². The zero-order valence-corrected chi connectivity index (χ0v) is 20.4. The Bertz CT molecular complexity index is 1340. The lowest BCUT2D eigenvalue weighted by molar-refractivity contribution is -0.138. The van der Waals surface area contributed by atoms with Gasteiger partial charge in [-0.05, 0) is 84.9 Å². The largest absolute Gasteiger partial charge is 0.416 e. The third-order valence-electron chi connectivity index (χ3n) is 8.55. The molecule has 2 aromatic carbocycles. The van der Waals surface area contributed by atoms with Crippen LogP contribution < -0.4 is 10.6 Å². The van der Waals surface area contributed by atoms with Crippen molar-refractivity contribution in [1.82, 2.24) is 15.5 Å². The Labute approximate surface area is 216 Å². The molecule has 0 aromatic heterocycles. The Hall–Kier alpha value is -3.69. The Balaban J connectivity index is 1.02. The minimum absolute atomic E-state index is 0.0333. The quantitative estimate of drug-likeness (QED) is 0.592. The van der Waals surface area contributed by atoms with E-state index in [1.54, 1.807) is 30.3 Å². The zero-order valence-electron chi connectivity index (χ0n) is 20.4. The molecule has 7 nitrogen and oxygen atoms in total. The number of piperidine rings is 1. The van der Waals surface area contributed by atoms with E-state index >= 15 is 0 Å². The first kappa shape index (κ1) is 24.6. The van der Waals surface area contributed by atoms with E-state index in [4.69, 9.17) is 0 Å². The minimum atomic E-state index is -4.33. The predicted octanol–water partition coefficient (Wildman–Crippen LogP) is 3.92. The molecule has 0 bridgehead atoms. The summed E-state index contributed by atoms with van der Waals surface area (Å²) in [6, 6.07) is 9.65. The van der Waals surface area contributed by atoms with Crippen molar-refractivity contribution >= 4 is 23.6 Å². The molecule has 2 aliphatic heterocycles. The van der Waals surface area contributed by atoms with Crippen LogP contribution in [0.15, 0.2) is 42.5 Å². The van der Waals surface area contributed by atoms with E-state index in [0.717, 1.165) is 43.4 Å². The number of nitrogens with one attached hydrogen (secondary N) is 2. The number of imide groups is 1. The van der Waals surface area contributed by atoms with Crippen LogP contribution in [-0.4, -0.2) is 40.6 Å². The van der Waals surface area contributed by atoms with Gasteiger partial charge in [-0.2, -0.15) is 13.2 Å². The number of amides is 4. The number of carbonyl (C=O) groups excluding carboxylic acids is 4. The maximum atomic E-state index is 12.9. The lowest BCUT2D eigenvalue weighted by atomic mass is 9.49. The number of carbonyl (C=O) groups is 4. The number of nitrogens with zero attached hydrogens (tertiary/aromatic N) is 1. The highest BCUT2D eigenvalue weighted by molar-refractivity contribution is 6.06. The van der Waals surface area contributed by atoms with Crippen LogP contribution in [0.25, 0.3) is 0 Å². The van der Waals surface area contributed by atoms with Crippen molar-refractivity contribution in [2.24, 2.45) is 5.41 Å². The second-order valence-electron chi connectivity index (χ2n) is 11.1. The number of halogens is 3. The third-order valence-corrected chi connectivity index (χ3v) is 8.55. The van der Waals surface area contributed by atoms with Crippen LogP contribution in [0.4, 0.5) is 13.2 Å². The first-order valence-electron chi connectivity index (χ1n) is 12.8. The Morgan fingerprint density at radius 1 is 1.00 bits per heavy atom. The van der Waals surface area contributed by atoms with Gasteiger partial charge in [-0.3, -0.25) is 24.5 Å². The summed E-state index contributed by atoms with van der Waals surface area (Å²) < 4.78 is 38.4. The van der Waals surface area contributed by atoms with Gasteiger partial charge in [0.2, 0.25) is 11.8 Å². The average molecular weight is 526 g/mol. The smallest absolute Gasteiger partial charge is 0.349 e. The lowest BCUT2D eigenvalue weighted by Crippen LogP contribution is -2.55. The highest BCUT2D eigenvalue weighted by Crippen LogP contribution is 2.62. The van der Waals surface area contributed by atoms with E-state index in [1.807, 2.05) is 0 Å². The van der Waals surface area contributed by atoms with Crippen LogP contribution in [0, 0.1) is 5.41 Å². The normalized spacial score (nSPS) is 28.4. The van der Waals surface area contributed by atoms with Crippen LogP contribution in [-0.2, 0) is 22.3 Å². The molecule has 4 aliphatic rings. The molecule has 2 N–H and O–H groups in total. The van der Waals surface area contributed by atoms with Crippen LogP contribution in [0.5, 0.6) is 0 Å². The van der Waals surface area contributed by atoms with Gasteiger partial charge in [-0.15, -0.1) is 0 Å². The molecule has 4 amide bonds. The molecule has 2 heterocycles. The van der Waals surface area contributed by atoms with Crippen molar-refractivity contribution in [1.29, 1.82) is 0 Å². The van der Waals surface area contributed by atoms with Gasteiger partial charge >= 0.3 is 6.18 Å². The number of hydrogen-bond donors (Lipinski definition) is 2. The van der Waals surface area contributed by atoms with Gasteiger partial charge < -0.3 is 10.2 Å². The highest BCUT2D eigenvalue weighted by Gasteiger charge is 2.53. The standard InChI is InChI=1S/C28H26F3N3O4/c29-28(30,31)19-4-1-15(2-5-19)18-10-27(11-18)12-20(13-27)32-24(36)16-3-6-21-17(9-16)14-34(26(21)38)22-7-8-23(35)33-25(22)37/h1-6,9,18,20,22H,7-8,10-14H2,(H,32,36)(H,33,35,37). The summed E-state index contributed by atoms with van der Waals surface area (Å²) in [7, 11) is 0. The molecule has 2 saturated carbocycles. The molecule has 6 rings (SSSR count). The summed E-state index contributed by atoms with van der Waals surface area (Å²) in [6.45, 7) is 0.208. The summed E-state index contributed by atoms with van der Waals surface area (Å²) in [4.78, 5) is 50.9. The predicted molar refractivity (Wildman–Crippen MR) is 129 cm³/mol. The van der Waals surface area contributed by atoms with E-state index in [-0.39, 0.29) is 54.5 Å². The summed E-state index contributed by atoms with van der Waals surface area (Å²) in [5.41, 5.74) is 2.00.